The van der Waals surface area contributed by atoms with Gasteiger partial charge in [0, 0.05) is 15.8 Å². The first-order valence-corrected chi connectivity index (χ1v) is 8.44. The Kier molecular flexibility index (Phi) is 3.98. The van der Waals surface area contributed by atoms with Gasteiger partial charge in [-0.05, 0) is 84.1 Å². The van der Waals surface area contributed by atoms with Gasteiger partial charge >= 0.3 is 0 Å². The first kappa shape index (κ1) is 14.2. The molecule has 1 unspecified atom stereocenters. The Labute approximate surface area is 131 Å². The van der Waals surface area contributed by atoms with E-state index in [1.807, 2.05) is 20.0 Å². The lowest BCUT2D eigenvalue weighted by Crippen LogP contribution is -2.16. The average molecular weight is 354 g/mol. The van der Waals surface area contributed by atoms with Crippen LogP contribution >= 0.6 is 27.3 Å². The number of thiophene rings is 1. The molecule has 1 fully saturated rings. The van der Waals surface area contributed by atoms with Crippen molar-refractivity contribution >= 4 is 27.3 Å². The summed E-state index contributed by atoms with van der Waals surface area (Å²) in [6, 6.07) is 8.22. The van der Waals surface area contributed by atoms with Gasteiger partial charge in [-0.25, -0.2) is 4.39 Å². The van der Waals surface area contributed by atoms with E-state index in [1.54, 1.807) is 17.4 Å². The van der Waals surface area contributed by atoms with Crippen LogP contribution in [0.5, 0.6) is 0 Å². The van der Waals surface area contributed by atoms with Crippen molar-refractivity contribution < 1.29 is 4.39 Å². The standard InChI is InChI=1S/C16H17BrFNS/c1-9-7-12(17)13(18)8-11(9)14-5-6-15(20-14)16(19-2)10-3-4-10/h5-8,10,16,19H,3-4H2,1-2H3. The first-order chi connectivity index (χ1) is 9.60. The van der Waals surface area contributed by atoms with E-state index in [1.165, 1.54) is 17.7 Å². The van der Waals surface area contributed by atoms with Crippen LogP contribution in [0.2, 0.25) is 0 Å². The third-order valence-corrected chi connectivity index (χ3v) is 5.68. The largest absolute Gasteiger partial charge is 0.312 e. The highest BCUT2D eigenvalue weighted by molar-refractivity contribution is 9.10. The van der Waals surface area contributed by atoms with Crippen molar-refractivity contribution in [2.75, 3.05) is 7.05 Å². The van der Waals surface area contributed by atoms with E-state index in [9.17, 15) is 4.39 Å². The van der Waals surface area contributed by atoms with Crippen LogP contribution < -0.4 is 5.32 Å². The number of benzene rings is 1. The smallest absolute Gasteiger partial charge is 0.138 e. The summed E-state index contributed by atoms with van der Waals surface area (Å²) in [4.78, 5) is 2.50. The van der Waals surface area contributed by atoms with E-state index in [0.29, 0.717) is 10.5 Å². The lowest BCUT2D eigenvalue weighted by Gasteiger charge is -2.12. The van der Waals surface area contributed by atoms with Gasteiger partial charge in [-0.2, -0.15) is 0 Å². The lowest BCUT2D eigenvalue weighted by atomic mass is 10.1. The third-order valence-electron chi connectivity index (χ3n) is 3.87. The molecule has 3 rings (SSSR count). The number of halogens is 2. The van der Waals surface area contributed by atoms with Crippen LogP contribution in [0, 0.1) is 18.7 Å². The summed E-state index contributed by atoms with van der Waals surface area (Å²) in [6.07, 6.45) is 2.62. The summed E-state index contributed by atoms with van der Waals surface area (Å²) in [6.45, 7) is 2.02. The van der Waals surface area contributed by atoms with Crippen LogP contribution in [-0.4, -0.2) is 7.05 Å². The van der Waals surface area contributed by atoms with Gasteiger partial charge in [0.2, 0.25) is 0 Å². The maximum absolute atomic E-state index is 13.8. The summed E-state index contributed by atoms with van der Waals surface area (Å²) in [7, 11) is 2.02. The van der Waals surface area contributed by atoms with E-state index in [4.69, 9.17) is 0 Å². The number of nitrogens with one attached hydrogen (secondary N) is 1. The molecule has 0 aliphatic heterocycles. The van der Waals surface area contributed by atoms with E-state index in [-0.39, 0.29) is 5.82 Å². The Balaban J connectivity index is 1.95. The van der Waals surface area contributed by atoms with Gasteiger partial charge in [-0.3, -0.25) is 0 Å². The summed E-state index contributed by atoms with van der Waals surface area (Å²) < 4.78 is 14.3. The molecule has 0 spiro atoms. The third kappa shape index (κ3) is 2.69. The van der Waals surface area contributed by atoms with Crippen molar-refractivity contribution in [2.45, 2.75) is 25.8 Å². The van der Waals surface area contributed by atoms with Gasteiger partial charge in [0.1, 0.15) is 5.82 Å². The maximum Gasteiger partial charge on any atom is 0.138 e. The Bertz CT molecular complexity index is 633. The summed E-state index contributed by atoms with van der Waals surface area (Å²) in [5.74, 6) is 0.571. The quantitative estimate of drug-likeness (QED) is 0.786. The first-order valence-electron chi connectivity index (χ1n) is 6.83. The highest BCUT2D eigenvalue weighted by Gasteiger charge is 2.32. The van der Waals surface area contributed by atoms with Gasteiger partial charge in [-0.15, -0.1) is 11.3 Å². The molecule has 4 heteroatoms. The van der Waals surface area contributed by atoms with Gasteiger partial charge in [0.05, 0.1) is 4.47 Å². The molecule has 0 saturated heterocycles. The van der Waals surface area contributed by atoms with Crippen LogP contribution in [0.4, 0.5) is 4.39 Å². The molecule has 2 aromatic rings. The van der Waals surface area contributed by atoms with Crippen molar-refractivity contribution in [3.05, 3.63) is 45.0 Å². The molecule has 1 atom stereocenters. The van der Waals surface area contributed by atoms with E-state index in [0.717, 1.165) is 21.9 Å². The van der Waals surface area contributed by atoms with Crippen molar-refractivity contribution in [3.63, 3.8) is 0 Å². The topological polar surface area (TPSA) is 12.0 Å². The van der Waals surface area contributed by atoms with Gasteiger partial charge in [0.25, 0.3) is 0 Å². The average Bonchev–Trinajstić information content (AvgIpc) is 3.13. The molecule has 106 valence electrons. The van der Waals surface area contributed by atoms with E-state index >= 15 is 0 Å². The fourth-order valence-electron chi connectivity index (χ4n) is 2.62. The zero-order chi connectivity index (χ0) is 14.3. The van der Waals surface area contributed by atoms with Crippen LogP contribution in [0.1, 0.15) is 29.3 Å². The zero-order valence-corrected chi connectivity index (χ0v) is 13.9. The van der Waals surface area contributed by atoms with Crippen LogP contribution in [0.15, 0.2) is 28.7 Å². The predicted octanol–water partition coefficient (Wildman–Crippen LogP) is 5.30. The molecular formula is C16H17BrFNS. The zero-order valence-electron chi connectivity index (χ0n) is 11.5. The minimum Gasteiger partial charge on any atom is -0.312 e. The van der Waals surface area contributed by atoms with Crippen molar-refractivity contribution in [1.29, 1.82) is 0 Å². The Morgan fingerprint density at radius 2 is 2.10 bits per heavy atom. The summed E-state index contributed by atoms with van der Waals surface area (Å²) >= 11 is 5.01. The van der Waals surface area contributed by atoms with Gasteiger partial charge < -0.3 is 5.32 Å². The molecule has 1 nitrogen and oxygen atoms in total. The van der Waals surface area contributed by atoms with Gasteiger partial charge in [0.15, 0.2) is 0 Å². The molecular weight excluding hydrogens is 337 g/mol. The molecule has 1 saturated carbocycles. The highest BCUT2D eigenvalue weighted by Crippen LogP contribution is 2.44. The Hall–Kier alpha value is -0.710. The number of hydrogen-bond donors (Lipinski definition) is 1. The second kappa shape index (κ2) is 5.58. The van der Waals surface area contributed by atoms with E-state index < -0.39 is 0 Å². The molecule has 1 aliphatic rings. The summed E-state index contributed by atoms with van der Waals surface area (Å²) in [5.41, 5.74) is 2.09. The molecule has 0 radical (unpaired) electrons. The molecule has 1 aliphatic carbocycles. The fraction of sp³-hybridized carbons (Fsp3) is 0.375. The lowest BCUT2D eigenvalue weighted by molar-refractivity contribution is 0.537. The van der Waals surface area contributed by atoms with Crippen LogP contribution in [-0.2, 0) is 0 Å². The van der Waals surface area contributed by atoms with E-state index in [2.05, 4.69) is 33.4 Å². The Morgan fingerprint density at radius 3 is 2.75 bits per heavy atom. The fourth-order valence-corrected chi connectivity index (χ4v) is 4.37. The predicted molar refractivity (Wildman–Crippen MR) is 86.7 cm³/mol. The molecule has 1 heterocycles. The number of rotatable bonds is 4. The highest BCUT2D eigenvalue weighted by atomic mass is 79.9. The van der Waals surface area contributed by atoms with Crippen LogP contribution in [0.25, 0.3) is 10.4 Å². The SMILES string of the molecule is CNC(c1ccc(-c2cc(F)c(Br)cc2C)s1)C1CC1. The Morgan fingerprint density at radius 1 is 1.35 bits per heavy atom. The molecule has 20 heavy (non-hydrogen) atoms. The number of aryl methyl sites for hydroxylation is 1. The normalized spacial score (nSPS) is 16.4. The molecule has 0 amide bonds. The maximum atomic E-state index is 13.8. The molecule has 0 bridgehead atoms. The minimum absolute atomic E-state index is 0.201. The number of hydrogen-bond acceptors (Lipinski definition) is 2. The second-order valence-corrected chi connectivity index (χ2v) is 7.36. The summed E-state index contributed by atoms with van der Waals surface area (Å²) in [5, 5.41) is 3.41. The monoisotopic (exact) mass is 353 g/mol. The second-order valence-electron chi connectivity index (χ2n) is 5.39. The van der Waals surface area contributed by atoms with Crippen molar-refractivity contribution in [3.8, 4) is 10.4 Å². The molecule has 1 N–H and O–H groups in total. The van der Waals surface area contributed by atoms with Crippen molar-refractivity contribution in [1.82, 2.24) is 5.32 Å². The van der Waals surface area contributed by atoms with Crippen molar-refractivity contribution in [2.24, 2.45) is 5.92 Å². The van der Waals surface area contributed by atoms with Crippen LogP contribution in [0.3, 0.4) is 0 Å². The molecule has 1 aromatic carbocycles. The van der Waals surface area contributed by atoms with Gasteiger partial charge in [-0.1, -0.05) is 0 Å². The molecule has 1 aromatic heterocycles. The minimum atomic E-state index is -0.201.